The SMILES string of the molecule is O=C1CN(c2c(O)ccc(-c3n[nH]c(C4CC4)n3)c2F)S(=O)(=O)N1. The number of anilines is 1. The lowest BCUT2D eigenvalue weighted by atomic mass is 10.1. The van der Waals surface area contributed by atoms with Gasteiger partial charge in [-0.25, -0.2) is 18.4 Å². The minimum Gasteiger partial charge on any atom is -0.506 e. The number of aromatic amines is 1. The maximum Gasteiger partial charge on any atom is 0.326 e. The van der Waals surface area contributed by atoms with Crippen LogP contribution in [-0.2, 0) is 15.0 Å². The topological polar surface area (TPSA) is 128 Å². The summed E-state index contributed by atoms with van der Waals surface area (Å²) < 4.78 is 40.9. The summed E-state index contributed by atoms with van der Waals surface area (Å²) in [5.41, 5.74) is -0.677. The molecule has 2 fully saturated rings. The van der Waals surface area contributed by atoms with Crippen LogP contribution in [0.5, 0.6) is 5.75 Å². The summed E-state index contributed by atoms with van der Waals surface area (Å²) in [5.74, 6) is -1.44. The molecule has 1 amide bonds. The number of nitrogens with zero attached hydrogens (tertiary/aromatic N) is 3. The van der Waals surface area contributed by atoms with Gasteiger partial charge in [0.25, 0.3) is 5.91 Å². The Labute approximate surface area is 135 Å². The Bertz CT molecular complexity index is 953. The minimum absolute atomic E-state index is 0.0616. The fourth-order valence-corrected chi connectivity index (χ4v) is 3.71. The van der Waals surface area contributed by atoms with Crippen molar-refractivity contribution in [3.8, 4) is 17.1 Å². The minimum atomic E-state index is -4.25. The summed E-state index contributed by atoms with van der Waals surface area (Å²) in [6.45, 7) is -0.614. The van der Waals surface area contributed by atoms with Crippen molar-refractivity contribution in [2.45, 2.75) is 18.8 Å². The zero-order chi connectivity index (χ0) is 17.1. The standard InChI is InChI=1S/C13H12FN5O4S/c14-10-7(13-15-12(16-17-13)6-1-2-6)3-4-8(20)11(10)19-5-9(21)18-24(19,22)23/h3-4,6,20H,1-2,5H2,(H,18,21)(H,15,16,17). The van der Waals surface area contributed by atoms with E-state index in [9.17, 15) is 22.7 Å². The molecule has 0 unspecified atom stereocenters. The molecule has 0 atom stereocenters. The lowest BCUT2D eigenvalue weighted by molar-refractivity contribution is -0.117. The molecule has 1 aliphatic carbocycles. The predicted octanol–water partition coefficient (Wildman–Crippen LogP) is 0.375. The first-order chi connectivity index (χ1) is 11.4. The van der Waals surface area contributed by atoms with Crippen molar-refractivity contribution in [3.05, 3.63) is 23.8 Å². The average Bonchev–Trinajstić information content (AvgIpc) is 3.17. The number of aromatic nitrogens is 3. The van der Waals surface area contributed by atoms with Crippen LogP contribution in [0.25, 0.3) is 11.4 Å². The highest BCUT2D eigenvalue weighted by molar-refractivity contribution is 7.92. The number of nitrogens with one attached hydrogen (secondary N) is 2. The van der Waals surface area contributed by atoms with Crippen LogP contribution < -0.4 is 9.03 Å². The number of halogens is 1. The first-order valence-electron chi connectivity index (χ1n) is 7.14. The summed E-state index contributed by atoms with van der Waals surface area (Å²) in [4.78, 5) is 15.6. The number of rotatable bonds is 3. The third-order valence-corrected chi connectivity index (χ3v) is 5.25. The number of phenolic OH excluding ortho intramolecular Hbond substituents is 1. The summed E-state index contributed by atoms with van der Waals surface area (Å²) in [6, 6.07) is 2.39. The lowest BCUT2D eigenvalue weighted by Gasteiger charge is -2.17. The molecule has 1 aromatic heterocycles. The molecule has 4 rings (SSSR count). The van der Waals surface area contributed by atoms with Crippen molar-refractivity contribution in [1.82, 2.24) is 19.9 Å². The van der Waals surface area contributed by atoms with Gasteiger partial charge in [-0.15, -0.1) is 0 Å². The highest BCUT2D eigenvalue weighted by Gasteiger charge is 2.38. The fourth-order valence-electron chi connectivity index (χ4n) is 2.54. The second kappa shape index (κ2) is 4.90. The van der Waals surface area contributed by atoms with Gasteiger partial charge in [-0.3, -0.25) is 9.89 Å². The smallest absolute Gasteiger partial charge is 0.326 e. The summed E-state index contributed by atoms with van der Waals surface area (Å²) in [7, 11) is -4.25. The average molecular weight is 353 g/mol. The van der Waals surface area contributed by atoms with Crippen molar-refractivity contribution < 1.29 is 22.7 Å². The van der Waals surface area contributed by atoms with Gasteiger partial charge in [0.05, 0.1) is 5.56 Å². The van der Waals surface area contributed by atoms with Crippen LogP contribution in [-0.4, -0.2) is 41.2 Å². The maximum absolute atomic E-state index is 14.9. The summed E-state index contributed by atoms with van der Waals surface area (Å²) in [5, 5.41) is 16.6. The third-order valence-electron chi connectivity index (χ3n) is 3.87. The first-order valence-corrected chi connectivity index (χ1v) is 8.58. The molecular formula is C13H12FN5O4S. The molecule has 2 aliphatic rings. The van der Waals surface area contributed by atoms with Gasteiger partial charge in [-0.1, -0.05) is 0 Å². The molecule has 0 radical (unpaired) electrons. The predicted molar refractivity (Wildman–Crippen MR) is 79.8 cm³/mol. The van der Waals surface area contributed by atoms with Crippen LogP contribution in [0.3, 0.4) is 0 Å². The van der Waals surface area contributed by atoms with Crippen molar-refractivity contribution >= 4 is 21.8 Å². The molecule has 2 heterocycles. The van der Waals surface area contributed by atoms with E-state index in [1.807, 2.05) is 0 Å². The Hall–Kier alpha value is -2.69. The molecule has 9 nitrogen and oxygen atoms in total. The first kappa shape index (κ1) is 14.9. The Morgan fingerprint density at radius 1 is 1.33 bits per heavy atom. The highest BCUT2D eigenvalue weighted by atomic mass is 32.2. The van der Waals surface area contributed by atoms with Crippen LogP contribution in [0.4, 0.5) is 10.1 Å². The molecule has 11 heteroatoms. The molecular weight excluding hydrogens is 341 g/mol. The van der Waals surface area contributed by atoms with Crippen LogP contribution in [0, 0.1) is 5.82 Å². The van der Waals surface area contributed by atoms with E-state index in [2.05, 4.69) is 15.2 Å². The molecule has 0 spiro atoms. The lowest BCUT2D eigenvalue weighted by Crippen LogP contribution is -2.30. The number of hydrogen-bond acceptors (Lipinski definition) is 6. The van der Waals surface area contributed by atoms with Gasteiger partial charge < -0.3 is 5.11 Å². The van der Waals surface area contributed by atoms with Gasteiger partial charge in [-0.2, -0.15) is 13.5 Å². The molecule has 1 saturated carbocycles. The number of hydrogen-bond donors (Lipinski definition) is 3. The Morgan fingerprint density at radius 3 is 2.71 bits per heavy atom. The van der Waals surface area contributed by atoms with Gasteiger partial charge in [0.2, 0.25) is 0 Å². The second-order valence-corrected chi connectivity index (χ2v) is 7.25. The van der Waals surface area contributed by atoms with Crippen LogP contribution in [0.15, 0.2) is 12.1 Å². The molecule has 1 aromatic carbocycles. The van der Waals surface area contributed by atoms with Gasteiger partial charge in [0.1, 0.15) is 23.8 Å². The van der Waals surface area contributed by atoms with E-state index in [-0.39, 0.29) is 17.3 Å². The number of H-pyrrole nitrogens is 1. The number of amides is 1. The molecule has 3 N–H and O–H groups in total. The van der Waals surface area contributed by atoms with E-state index >= 15 is 0 Å². The summed E-state index contributed by atoms with van der Waals surface area (Å²) >= 11 is 0. The van der Waals surface area contributed by atoms with Crippen LogP contribution >= 0.6 is 0 Å². The Kier molecular flexibility index (Phi) is 3.04. The zero-order valence-corrected chi connectivity index (χ0v) is 13.0. The molecule has 0 bridgehead atoms. The third kappa shape index (κ3) is 2.28. The Balaban J connectivity index is 1.82. The van der Waals surface area contributed by atoms with Crippen LogP contribution in [0.2, 0.25) is 0 Å². The number of aromatic hydroxyl groups is 1. The van der Waals surface area contributed by atoms with E-state index in [0.717, 1.165) is 18.9 Å². The maximum atomic E-state index is 14.9. The van der Waals surface area contributed by atoms with Gasteiger partial charge in [-0.05, 0) is 25.0 Å². The second-order valence-electron chi connectivity index (χ2n) is 5.65. The Morgan fingerprint density at radius 2 is 2.08 bits per heavy atom. The van der Waals surface area contributed by atoms with E-state index in [4.69, 9.17) is 0 Å². The normalized spacial score (nSPS) is 19.5. The molecule has 2 aromatic rings. The molecule has 24 heavy (non-hydrogen) atoms. The quantitative estimate of drug-likeness (QED) is 0.731. The molecule has 1 aliphatic heterocycles. The van der Waals surface area contributed by atoms with E-state index in [0.29, 0.717) is 10.1 Å². The van der Waals surface area contributed by atoms with Crippen molar-refractivity contribution in [2.24, 2.45) is 0 Å². The van der Waals surface area contributed by atoms with Gasteiger partial charge in [0.15, 0.2) is 11.6 Å². The zero-order valence-electron chi connectivity index (χ0n) is 12.2. The monoisotopic (exact) mass is 353 g/mol. The van der Waals surface area contributed by atoms with Crippen molar-refractivity contribution in [1.29, 1.82) is 0 Å². The molecule has 126 valence electrons. The summed E-state index contributed by atoms with van der Waals surface area (Å²) in [6.07, 6.45) is 1.97. The number of benzene rings is 1. The molecule has 1 saturated heterocycles. The van der Waals surface area contributed by atoms with Gasteiger partial charge in [0, 0.05) is 5.92 Å². The van der Waals surface area contributed by atoms with E-state index in [1.54, 1.807) is 4.72 Å². The number of carbonyl (C=O) groups is 1. The van der Waals surface area contributed by atoms with Crippen molar-refractivity contribution in [3.63, 3.8) is 0 Å². The largest absolute Gasteiger partial charge is 0.506 e. The van der Waals surface area contributed by atoms with Gasteiger partial charge >= 0.3 is 10.2 Å². The van der Waals surface area contributed by atoms with E-state index in [1.165, 1.54) is 6.07 Å². The van der Waals surface area contributed by atoms with Crippen molar-refractivity contribution in [2.75, 3.05) is 10.8 Å². The highest BCUT2D eigenvalue weighted by Crippen LogP contribution is 2.40. The number of carbonyl (C=O) groups excluding carboxylic acids is 1. The fraction of sp³-hybridized carbons (Fsp3) is 0.308. The number of phenols is 1. The van der Waals surface area contributed by atoms with Crippen LogP contribution in [0.1, 0.15) is 24.6 Å². The van der Waals surface area contributed by atoms with E-state index < -0.39 is 39.9 Å².